The maximum atomic E-state index is 12.6. The fraction of sp³-hybridized carbons (Fsp3) is 0.200. The number of pyridine rings is 1. The largest absolute Gasteiger partial charge is 0.495 e. The van der Waals surface area contributed by atoms with Gasteiger partial charge in [0.15, 0.2) is 5.13 Å². The number of carbonyl (C=O) groups is 2. The van der Waals surface area contributed by atoms with Gasteiger partial charge >= 0.3 is 0 Å². The van der Waals surface area contributed by atoms with E-state index in [2.05, 4.69) is 20.6 Å². The van der Waals surface area contributed by atoms with Gasteiger partial charge in [0.1, 0.15) is 11.4 Å². The van der Waals surface area contributed by atoms with Gasteiger partial charge in [0.2, 0.25) is 5.91 Å². The van der Waals surface area contributed by atoms with Crippen LogP contribution in [0.2, 0.25) is 0 Å². The molecule has 2 aromatic heterocycles. The van der Waals surface area contributed by atoms with Crippen LogP contribution >= 0.6 is 11.3 Å². The van der Waals surface area contributed by atoms with E-state index in [-0.39, 0.29) is 24.1 Å². The van der Waals surface area contributed by atoms with Crippen LogP contribution in [-0.2, 0) is 11.3 Å². The first-order valence-electron chi connectivity index (χ1n) is 8.83. The molecule has 9 heteroatoms. The fourth-order valence-electron chi connectivity index (χ4n) is 2.53. The van der Waals surface area contributed by atoms with E-state index in [1.807, 2.05) is 30.3 Å². The van der Waals surface area contributed by atoms with Crippen molar-refractivity contribution in [3.05, 3.63) is 65.4 Å². The van der Waals surface area contributed by atoms with Gasteiger partial charge < -0.3 is 20.3 Å². The summed E-state index contributed by atoms with van der Waals surface area (Å²) in [6.45, 7) is 0.296. The first kappa shape index (κ1) is 20.3. The van der Waals surface area contributed by atoms with E-state index in [1.54, 1.807) is 38.0 Å². The molecule has 0 spiro atoms. The number of para-hydroxylation sites is 2. The van der Waals surface area contributed by atoms with Crippen LogP contribution in [0.5, 0.6) is 5.75 Å². The number of ether oxygens (including phenoxy) is 1. The summed E-state index contributed by atoms with van der Waals surface area (Å²) < 4.78 is 5.30. The Kier molecular flexibility index (Phi) is 6.75. The van der Waals surface area contributed by atoms with Crippen molar-refractivity contribution in [1.82, 2.24) is 20.2 Å². The Hall–Kier alpha value is -3.46. The normalized spacial score (nSPS) is 10.3. The number of likely N-dealkylation sites (N-methyl/N-ethyl adjacent to an activating group) is 1. The molecule has 0 fully saturated rings. The standard InChI is InChI=1S/C20H21N5O3S/c1-25(12-18(26)22-11-14-6-5-9-21-10-14)19(27)16-13-29-20(24-16)23-15-7-3-4-8-17(15)28-2/h3-10,13H,11-12H2,1-2H3,(H,22,26)(H,23,24). The van der Waals surface area contributed by atoms with Crippen molar-refractivity contribution in [2.75, 3.05) is 26.0 Å². The van der Waals surface area contributed by atoms with Crippen LogP contribution in [0.4, 0.5) is 10.8 Å². The highest BCUT2D eigenvalue weighted by atomic mass is 32.1. The number of methoxy groups -OCH3 is 1. The lowest BCUT2D eigenvalue weighted by molar-refractivity contribution is -0.121. The molecule has 29 heavy (non-hydrogen) atoms. The summed E-state index contributed by atoms with van der Waals surface area (Å²) in [7, 11) is 3.16. The highest BCUT2D eigenvalue weighted by Gasteiger charge is 2.18. The Labute approximate surface area is 172 Å². The number of thiazole rings is 1. The molecule has 2 amide bonds. The van der Waals surface area contributed by atoms with Gasteiger partial charge in [-0.2, -0.15) is 0 Å². The number of hydrogen-bond donors (Lipinski definition) is 2. The van der Waals surface area contributed by atoms with Crippen LogP contribution in [0.3, 0.4) is 0 Å². The second-order valence-electron chi connectivity index (χ2n) is 6.16. The number of rotatable bonds is 8. The van der Waals surface area contributed by atoms with Crippen LogP contribution in [0, 0.1) is 0 Å². The highest BCUT2D eigenvalue weighted by molar-refractivity contribution is 7.14. The van der Waals surface area contributed by atoms with Crippen molar-refractivity contribution in [3.63, 3.8) is 0 Å². The molecule has 1 aromatic carbocycles. The van der Waals surface area contributed by atoms with Crippen LogP contribution in [-0.4, -0.2) is 47.4 Å². The topological polar surface area (TPSA) is 96.5 Å². The van der Waals surface area contributed by atoms with Gasteiger partial charge in [-0.15, -0.1) is 11.3 Å². The summed E-state index contributed by atoms with van der Waals surface area (Å²) in [5.41, 5.74) is 1.92. The number of nitrogens with zero attached hydrogens (tertiary/aromatic N) is 3. The molecule has 2 N–H and O–H groups in total. The minimum absolute atomic E-state index is 0.0636. The minimum atomic E-state index is -0.328. The highest BCUT2D eigenvalue weighted by Crippen LogP contribution is 2.28. The van der Waals surface area contributed by atoms with E-state index in [9.17, 15) is 9.59 Å². The SMILES string of the molecule is COc1ccccc1Nc1nc(C(=O)N(C)CC(=O)NCc2cccnc2)cs1. The van der Waals surface area contributed by atoms with Crippen molar-refractivity contribution in [3.8, 4) is 5.75 Å². The molecule has 0 aliphatic heterocycles. The van der Waals surface area contributed by atoms with Crippen molar-refractivity contribution >= 4 is 34.0 Å². The van der Waals surface area contributed by atoms with E-state index in [4.69, 9.17) is 4.74 Å². The average Bonchev–Trinajstić information content (AvgIpc) is 3.21. The molecule has 0 saturated heterocycles. The number of benzene rings is 1. The molecule has 0 aliphatic carbocycles. The van der Waals surface area contributed by atoms with Crippen molar-refractivity contribution in [2.45, 2.75) is 6.54 Å². The third-order valence-corrected chi connectivity index (χ3v) is 4.77. The van der Waals surface area contributed by atoms with Gasteiger partial charge in [-0.3, -0.25) is 14.6 Å². The predicted molar refractivity (Wildman–Crippen MR) is 111 cm³/mol. The Morgan fingerprint density at radius 3 is 2.79 bits per heavy atom. The third-order valence-electron chi connectivity index (χ3n) is 4.01. The number of anilines is 2. The maximum absolute atomic E-state index is 12.6. The molecule has 3 aromatic rings. The number of carbonyl (C=O) groups excluding carboxylic acids is 2. The summed E-state index contributed by atoms with van der Waals surface area (Å²) in [5, 5.41) is 8.13. The van der Waals surface area contributed by atoms with Crippen molar-refractivity contribution < 1.29 is 14.3 Å². The Balaban J connectivity index is 1.55. The van der Waals surface area contributed by atoms with Gasteiger partial charge in [0.25, 0.3) is 5.91 Å². The zero-order valence-electron chi connectivity index (χ0n) is 16.1. The van der Waals surface area contributed by atoms with E-state index < -0.39 is 0 Å². The van der Waals surface area contributed by atoms with E-state index in [1.165, 1.54) is 16.2 Å². The predicted octanol–water partition coefficient (Wildman–Crippen LogP) is 2.68. The molecule has 0 atom stereocenters. The molecule has 0 bridgehead atoms. The summed E-state index contributed by atoms with van der Waals surface area (Å²) in [4.78, 5) is 34.3. The Morgan fingerprint density at radius 1 is 1.21 bits per heavy atom. The first-order chi connectivity index (χ1) is 14.1. The van der Waals surface area contributed by atoms with Gasteiger partial charge in [-0.1, -0.05) is 18.2 Å². The number of aromatic nitrogens is 2. The van der Waals surface area contributed by atoms with Gasteiger partial charge in [-0.05, 0) is 23.8 Å². The van der Waals surface area contributed by atoms with Gasteiger partial charge in [0, 0.05) is 31.4 Å². The van der Waals surface area contributed by atoms with Crippen molar-refractivity contribution in [2.24, 2.45) is 0 Å². The Bertz CT molecular complexity index is 977. The number of hydrogen-bond acceptors (Lipinski definition) is 7. The monoisotopic (exact) mass is 411 g/mol. The smallest absolute Gasteiger partial charge is 0.273 e. The summed E-state index contributed by atoms with van der Waals surface area (Å²) in [6.07, 6.45) is 3.35. The van der Waals surface area contributed by atoms with Crippen molar-refractivity contribution in [1.29, 1.82) is 0 Å². The molecule has 3 rings (SSSR count). The molecule has 150 valence electrons. The van der Waals surface area contributed by atoms with Gasteiger partial charge in [-0.25, -0.2) is 4.98 Å². The lowest BCUT2D eigenvalue weighted by atomic mass is 10.3. The van der Waals surface area contributed by atoms with Gasteiger partial charge in [0.05, 0.1) is 19.3 Å². The molecule has 2 heterocycles. The third kappa shape index (κ3) is 5.52. The molecule has 0 aliphatic rings. The summed E-state index contributed by atoms with van der Waals surface area (Å²) in [6, 6.07) is 11.1. The van der Waals surface area contributed by atoms with E-state index in [0.29, 0.717) is 17.4 Å². The molecule has 0 unspecified atom stereocenters. The second-order valence-corrected chi connectivity index (χ2v) is 7.02. The van der Waals surface area contributed by atoms with E-state index in [0.717, 1.165) is 11.3 Å². The minimum Gasteiger partial charge on any atom is -0.495 e. The maximum Gasteiger partial charge on any atom is 0.273 e. The molecular weight excluding hydrogens is 390 g/mol. The molecule has 0 radical (unpaired) electrons. The van der Waals surface area contributed by atoms with E-state index >= 15 is 0 Å². The number of nitrogens with one attached hydrogen (secondary N) is 2. The quantitative estimate of drug-likeness (QED) is 0.592. The lowest BCUT2D eigenvalue weighted by Crippen LogP contribution is -2.38. The first-order valence-corrected chi connectivity index (χ1v) is 9.71. The Morgan fingerprint density at radius 2 is 2.03 bits per heavy atom. The average molecular weight is 411 g/mol. The molecular formula is C20H21N5O3S. The molecule has 0 saturated carbocycles. The fourth-order valence-corrected chi connectivity index (χ4v) is 3.23. The number of amides is 2. The van der Waals surface area contributed by atoms with Crippen LogP contribution < -0.4 is 15.4 Å². The lowest BCUT2D eigenvalue weighted by Gasteiger charge is -2.15. The summed E-state index contributed by atoms with van der Waals surface area (Å²) in [5.74, 6) is 0.0936. The zero-order valence-corrected chi connectivity index (χ0v) is 16.9. The second kappa shape index (κ2) is 9.65. The van der Waals surface area contributed by atoms with Crippen LogP contribution in [0.15, 0.2) is 54.2 Å². The van der Waals surface area contributed by atoms with Crippen LogP contribution in [0.25, 0.3) is 0 Å². The molecule has 8 nitrogen and oxygen atoms in total. The zero-order chi connectivity index (χ0) is 20.6. The summed E-state index contributed by atoms with van der Waals surface area (Å²) >= 11 is 1.30. The van der Waals surface area contributed by atoms with Crippen LogP contribution in [0.1, 0.15) is 16.1 Å².